The number of likely N-dealkylation sites (tertiary alicyclic amines) is 1. The Morgan fingerprint density at radius 1 is 0.957 bits per heavy atom. The summed E-state index contributed by atoms with van der Waals surface area (Å²) < 4.78 is 0. The average Bonchev–Trinajstić information content (AvgIpc) is 2.52. The van der Waals surface area contributed by atoms with Crippen molar-refractivity contribution < 1.29 is 5.11 Å². The lowest BCUT2D eigenvalue weighted by molar-refractivity contribution is -0.0202. The summed E-state index contributed by atoms with van der Waals surface area (Å²) in [5.74, 6) is 1.88. The average molecular weight is 318 g/mol. The van der Waals surface area contributed by atoms with Crippen LogP contribution in [0.25, 0.3) is 0 Å². The van der Waals surface area contributed by atoms with E-state index in [1.165, 1.54) is 19.3 Å². The smallest absolute Gasteiger partial charge is 0.135 e. The monoisotopic (exact) mass is 318 g/mol. The van der Waals surface area contributed by atoms with E-state index in [-0.39, 0.29) is 0 Å². The van der Waals surface area contributed by atoms with Gasteiger partial charge in [0.2, 0.25) is 0 Å². The molecule has 3 rings (SSSR count). The van der Waals surface area contributed by atoms with Crippen molar-refractivity contribution in [3.63, 3.8) is 0 Å². The fourth-order valence-electron chi connectivity index (χ4n) is 3.88. The number of aliphatic hydroxyl groups is 1. The predicted molar refractivity (Wildman–Crippen MR) is 92.9 cm³/mol. The van der Waals surface area contributed by atoms with Crippen molar-refractivity contribution in [1.29, 1.82) is 0 Å². The van der Waals surface area contributed by atoms with Crippen molar-refractivity contribution >= 4 is 5.82 Å². The van der Waals surface area contributed by atoms with Crippen molar-refractivity contribution in [1.82, 2.24) is 14.9 Å². The quantitative estimate of drug-likeness (QED) is 0.926. The van der Waals surface area contributed by atoms with E-state index in [2.05, 4.69) is 26.7 Å². The molecule has 0 amide bonds. The van der Waals surface area contributed by atoms with E-state index in [4.69, 9.17) is 0 Å². The van der Waals surface area contributed by atoms with E-state index >= 15 is 0 Å². The molecule has 1 aromatic heterocycles. The Kier molecular flexibility index (Phi) is 4.87. The minimum Gasteiger partial charge on any atom is -0.388 e. The summed E-state index contributed by atoms with van der Waals surface area (Å²) in [6.07, 6.45) is 5.55. The summed E-state index contributed by atoms with van der Waals surface area (Å²) in [4.78, 5) is 13.9. The molecule has 0 bridgehead atoms. The summed E-state index contributed by atoms with van der Waals surface area (Å²) in [6, 6.07) is 0. The Labute approximate surface area is 139 Å². The van der Waals surface area contributed by atoms with Crippen molar-refractivity contribution in [2.24, 2.45) is 0 Å². The van der Waals surface area contributed by atoms with Crippen LogP contribution in [-0.2, 0) is 0 Å². The SMILES string of the molecule is Cc1nc(C)c(C)c(N2CCC(O)(CN3CCCCC3)CC2)n1. The van der Waals surface area contributed by atoms with Crippen LogP contribution in [0.15, 0.2) is 0 Å². The molecule has 0 atom stereocenters. The zero-order valence-corrected chi connectivity index (χ0v) is 14.8. The highest BCUT2D eigenvalue weighted by atomic mass is 16.3. The molecule has 0 spiro atoms. The second-order valence-corrected chi connectivity index (χ2v) is 7.35. The summed E-state index contributed by atoms with van der Waals surface area (Å²) in [7, 11) is 0. The van der Waals surface area contributed by atoms with Gasteiger partial charge in [0, 0.05) is 30.9 Å². The lowest BCUT2D eigenvalue weighted by atomic mass is 9.90. The Hall–Kier alpha value is -1.20. The van der Waals surface area contributed by atoms with E-state index in [0.29, 0.717) is 0 Å². The number of anilines is 1. The molecule has 0 unspecified atom stereocenters. The summed E-state index contributed by atoms with van der Waals surface area (Å²) in [6.45, 7) is 11.0. The maximum atomic E-state index is 11.0. The molecule has 0 aliphatic carbocycles. The molecule has 5 heteroatoms. The van der Waals surface area contributed by atoms with Gasteiger partial charge in [-0.15, -0.1) is 0 Å². The molecule has 128 valence electrons. The molecule has 0 radical (unpaired) electrons. The number of hydrogen-bond donors (Lipinski definition) is 1. The van der Waals surface area contributed by atoms with Crippen LogP contribution in [0, 0.1) is 20.8 Å². The molecule has 2 aliphatic heterocycles. The topological polar surface area (TPSA) is 52.5 Å². The third-order valence-corrected chi connectivity index (χ3v) is 5.44. The molecule has 0 aromatic carbocycles. The maximum Gasteiger partial charge on any atom is 0.135 e. The molecule has 2 saturated heterocycles. The fraction of sp³-hybridized carbons (Fsp3) is 0.778. The second-order valence-electron chi connectivity index (χ2n) is 7.35. The molecule has 2 fully saturated rings. The van der Waals surface area contributed by atoms with Crippen LogP contribution in [0.1, 0.15) is 49.2 Å². The van der Waals surface area contributed by atoms with Crippen LogP contribution in [0.5, 0.6) is 0 Å². The first-order valence-corrected chi connectivity index (χ1v) is 8.98. The van der Waals surface area contributed by atoms with Crippen LogP contribution in [0.2, 0.25) is 0 Å². The second kappa shape index (κ2) is 6.73. The zero-order chi connectivity index (χ0) is 16.4. The Morgan fingerprint density at radius 3 is 2.26 bits per heavy atom. The summed E-state index contributed by atoms with van der Waals surface area (Å²) in [5, 5.41) is 11.0. The van der Waals surface area contributed by atoms with Gasteiger partial charge in [0.15, 0.2) is 0 Å². The Morgan fingerprint density at radius 2 is 1.61 bits per heavy atom. The third-order valence-electron chi connectivity index (χ3n) is 5.44. The summed E-state index contributed by atoms with van der Waals surface area (Å²) >= 11 is 0. The van der Waals surface area contributed by atoms with Crippen LogP contribution in [0.4, 0.5) is 5.82 Å². The van der Waals surface area contributed by atoms with Crippen LogP contribution >= 0.6 is 0 Å². The van der Waals surface area contributed by atoms with Gasteiger partial charge >= 0.3 is 0 Å². The standard InChI is InChI=1S/C18H30N4O/c1-14-15(2)19-16(3)20-17(14)22-11-7-18(23,8-12-22)13-21-9-5-4-6-10-21/h23H,4-13H2,1-3H3. The van der Waals surface area contributed by atoms with Crippen molar-refractivity contribution in [2.75, 3.05) is 37.6 Å². The van der Waals surface area contributed by atoms with Crippen LogP contribution < -0.4 is 4.90 Å². The number of rotatable bonds is 3. The molecule has 23 heavy (non-hydrogen) atoms. The lowest BCUT2D eigenvalue weighted by Crippen LogP contribution is -2.52. The maximum absolute atomic E-state index is 11.0. The normalized spacial score (nSPS) is 22.3. The predicted octanol–water partition coefficient (Wildman–Crippen LogP) is 2.22. The Bertz CT molecular complexity index is 546. The lowest BCUT2D eigenvalue weighted by Gasteiger charge is -2.42. The minimum absolute atomic E-state index is 0.529. The highest BCUT2D eigenvalue weighted by Crippen LogP contribution is 2.29. The first kappa shape index (κ1) is 16.7. The van der Waals surface area contributed by atoms with Crippen molar-refractivity contribution in [3.05, 3.63) is 17.1 Å². The van der Waals surface area contributed by atoms with E-state index < -0.39 is 5.60 Å². The van der Waals surface area contributed by atoms with Gasteiger partial charge in [-0.05, 0) is 59.5 Å². The van der Waals surface area contributed by atoms with Gasteiger partial charge in [-0.25, -0.2) is 9.97 Å². The van der Waals surface area contributed by atoms with E-state index in [1.807, 2.05) is 13.8 Å². The number of aryl methyl sites for hydroxylation is 2. The van der Waals surface area contributed by atoms with E-state index in [9.17, 15) is 5.11 Å². The number of piperidine rings is 2. The van der Waals surface area contributed by atoms with Crippen LogP contribution in [-0.4, -0.2) is 58.3 Å². The minimum atomic E-state index is -0.529. The molecule has 2 aliphatic rings. The number of nitrogens with zero attached hydrogens (tertiary/aromatic N) is 4. The highest BCUT2D eigenvalue weighted by Gasteiger charge is 2.35. The van der Waals surface area contributed by atoms with Gasteiger partial charge < -0.3 is 14.9 Å². The van der Waals surface area contributed by atoms with E-state index in [1.54, 1.807) is 0 Å². The number of aromatic nitrogens is 2. The molecular formula is C18H30N4O. The molecule has 3 heterocycles. The fourth-order valence-corrected chi connectivity index (χ4v) is 3.88. The van der Waals surface area contributed by atoms with Gasteiger partial charge in [0.1, 0.15) is 11.6 Å². The molecule has 1 aromatic rings. The van der Waals surface area contributed by atoms with Crippen molar-refractivity contribution in [2.45, 2.75) is 58.5 Å². The van der Waals surface area contributed by atoms with Gasteiger partial charge in [-0.3, -0.25) is 0 Å². The van der Waals surface area contributed by atoms with Crippen LogP contribution in [0.3, 0.4) is 0 Å². The van der Waals surface area contributed by atoms with Gasteiger partial charge in [-0.2, -0.15) is 0 Å². The Balaban J connectivity index is 1.63. The van der Waals surface area contributed by atoms with Gasteiger partial charge in [0.05, 0.1) is 5.60 Å². The van der Waals surface area contributed by atoms with E-state index in [0.717, 1.165) is 68.5 Å². The molecule has 0 saturated carbocycles. The largest absolute Gasteiger partial charge is 0.388 e. The molecular weight excluding hydrogens is 288 g/mol. The third kappa shape index (κ3) is 3.83. The molecule has 5 nitrogen and oxygen atoms in total. The summed E-state index contributed by atoms with van der Waals surface area (Å²) in [5.41, 5.74) is 1.69. The molecule has 1 N–H and O–H groups in total. The highest BCUT2D eigenvalue weighted by molar-refractivity contribution is 5.48. The van der Waals surface area contributed by atoms with Gasteiger partial charge in [0.25, 0.3) is 0 Å². The van der Waals surface area contributed by atoms with Gasteiger partial charge in [-0.1, -0.05) is 6.42 Å². The zero-order valence-electron chi connectivity index (χ0n) is 14.8. The first-order valence-electron chi connectivity index (χ1n) is 8.98. The van der Waals surface area contributed by atoms with Crippen molar-refractivity contribution in [3.8, 4) is 0 Å². The number of hydrogen-bond acceptors (Lipinski definition) is 5. The first-order chi connectivity index (χ1) is 11.0. The number of β-amino-alcohol motifs (C(OH)–C–C–N with tert-alkyl or cyclic N) is 1.